The molecule has 4 rings (SSSR count). The summed E-state index contributed by atoms with van der Waals surface area (Å²) >= 11 is 0. The summed E-state index contributed by atoms with van der Waals surface area (Å²) in [4.78, 5) is 24.7. The monoisotopic (exact) mass is 410 g/mol. The number of primary amides is 1. The van der Waals surface area contributed by atoms with E-state index in [1.165, 1.54) is 0 Å². The van der Waals surface area contributed by atoms with Crippen molar-refractivity contribution >= 4 is 22.9 Å². The molecule has 1 aliphatic rings. The van der Waals surface area contributed by atoms with E-state index in [0.29, 0.717) is 55.5 Å². The largest absolute Gasteiger partial charge is 0.494 e. The highest BCUT2D eigenvalue weighted by molar-refractivity contribution is 5.99. The second-order valence-corrected chi connectivity index (χ2v) is 6.92. The van der Waals surface area contributed by atoms with Crippen LogP contribution in [-0.2, 0) is 11.8 Å². The van der Waals surface area contributed by atoms with Crippen LogP contribution in [0.4, 0.5) is 4.79 Å². The van der Waals surface area contributed by atoms with Gasteiger partial charge < -0.3 is 24.8 Å². The molecule has 0 saturated carbocycles. The number of fused-ring (bicyclic) bond motifs is 1. The molecular weight excluding hydrogens is 388 g/mol. The Bertz CT molecular complexity index is 1080. The van der Waals surface area contributed by atoms with Crippen LogP contribution in [0.15, 0.2) is 42.6 Å². The minimum Gasteiger partial charge on any atom is -0.494 e. The predicted molar refractivity (Wildman–Crippen MR) is 109 cm³/mol. The summed E-state index contributed by atoms with van der Waals surface area (Å²) in [7, 11) is 1.80. The SMILES string of the molecule is Cn1ncc2cc(C(N)=O)cc(Oc3ccc(OCCCN4CCOC4=O)cc3)c21. The van der Waals surface area contributed by atoms with Crippen LogP contribution in [0, 0.1) is 0 Å². The zero-order valence-corrected chi connectivity index (χ0v) is 16.5. The number of ether oxygens (including phenoxy) is 3. The van der Waals surface area contributed by atoms with E-state index in [4.69, 9.17) is 19.9 Å². The van der Waals surface area contributed by atoms with Crippen molar-refractivity contribution in [2.45, 2.75) is 6.42 Å². The zero-order valence-electron chi connectivity index (χ0n) is 16.5. The molecule has 3 aromatic rings. The van der Waals surface area contributed by atoms with E-state index in [0.717, 1.165) is 10.9 Å². The van der Waals surface area contributed by atoms with Crippen LogP contribution in [0.3, 0.4) is 0 Å². The first-order valence-corrected chi connectivity index (χ1v) is 9.59. The van der Waals surface area contributed by atoms with Crippen LogP contribution in [0.2, 0.25) is 0 Å². The van der Waals surface area contributed by atoms with Gasteiger partial charge in [-0.3, -0.25) is 9.48 Å². The first-order chi connectivity index (χ1) is 14.5. The third kappa shape index (κ3) is 4.14. The number of benzene rings is 2. The van der Waals surface area contributed by atoms with Gasteiger partial charge in [0, 0.05) is 24.5 Å². The molecule has 1 aromatic heterocycles. The molecule has 9 nitrogen and oxygen atoms in total. The van der Waals surface area contributed by atoms with Crippen molar-refractivity contribution in [3.8, 4) is 17.2 Å². The van der Waals surface area contributed by atoms with E-state index < -0.39 is 5.91 Å². The fourth-order valence-corrected chi connectivity index (χ4v) is 3.31. The molecular formula is C21H22N4O5. The molecule has 30 heavy (non-hydrogen) atoms. The summed E-state index contributed by atoms with van der Waals surface area (Å²) in [5.41, 5.74) is 6.55. The van der Waals surface area contributed by atoms with Gasteiger partial charge in [0.25, 0.3) is 0 Å². The molecule has 0 bridgehead atoms. The highest BCUT2D eigenvalue weighted by atomic mass is 16.6. The molecule has 9 heteroatoms. The number of rotatable bonds is 8. The lowest BCUT2D eigenvalue weighted by molar-refractivity contribution is 0.1000. The third-order valence-electron chi connectivity index (χ3n) is 4.82. The maximum Gasteiger partial charge on any atom is 0.409 e. The second kappa shape index (κ2) is 8.32. The van der Waals surface area contributed by atoms with Gasteiger partial charge in [-0.2, -0.15) is 5.10 Å². The topological polar surface area (TPSA) is 109 Å². The number of nitrogens with zero attached hydrogens (tertiary/aromatic N) is 3. The zero-order chi connectivity index (χ0) is 21.1. The first-order valence-electron chi connectivity index (χ1n) is 9.59. The standard InChI is InChI=1S/C21H22N4O5/c1-24-19-15(13-23-24)11-14(20(22)26)12-18(19)30-17-5-3-16(4-6-17)28-9-2-7-25-8-10-29-21(25)27/h3-6,11-13H,2,7-10H2,1H3,(H2,22,26). The van der Waals surface area contributed by atoms with E-state index in [9.17, 15) is 9.59 Å². The molecule has 1 fully saturated rings. The molecule has 2 heterocycles. The molecule has 0 spiro atoms. The fraction of sp³-hybridized carbons (Fsp3) is 0.286. The average molecular weight is 410 g/mol. The quantitative estimate of drug-likeness (QED) is 0.572. The van der Waals surface area contributed by atoms with E-state index >= 15 is 0 Å². The summed E-state index contributed by atoms with van der Waals surface area (Å²) in [6.45, 7) is 2.18. The Morgan fingerprint density at radius 1 is 1.23 bits per heavy atom. The molecule has 0 aliphatic carbocycles. The number of nitrogens with two attached hydrogens (primary N) is 1. The number of amides is 2. The molecule has 2 amide bonds. The molecule has 156 valence electrons. The van der Waals surface area contributed by atoms with Crippen molar-refractivity contribution in [2.24, 2.45) is 12.8 Å². The van der Waals surface area contributed by atoms with E-state index in [1.807, 2.05) is 0 Å². The van der Waals surface area contributed by atoms with Crippen LogP contribution < -0.4 is 15.2 Å². The smallest absolute Gasteiger partial charge is 0.409 e. The van der Waals surface area contributed by atoms with Crippen molar-refractivity contribution in [3.05, 3.63) is 48.2 Å². The van der Waals surface area contributed by atoms with Gasteiger partial charge in [-0.05, 0) is 42.8 Å². The van der Waals surface area contributed by atoms with Gasteiger partial charge in [0.1, 0.15) is 23.6 Å². The number of hydrogen-bond donors (Lipinski definition) is 1. The number of aryl methyl sites for hydroxylation is 1. The third-order valence-corrected chi connectivity index (χ3v) is 4.82. The molecule has 2 aromatic carbocycles. The average Bonchev–Trinajstić information content (AvgIpc) is 3.32. The van der Waals surface area contributed by atoms with Crippen molar-refractivity contribution in [3.63, 3.8) is 0 Å². The van der Waals surface area contributed by atoms with Crippen LogP contribution >= 0.6 is 0 Å². The van der Waals surface area contributed by atoms with Gasteiger partial charge in [0.2, 0.25) is 5.91 Å². The van der Waals surface area contributed by atoms with Crippen LogP contribution in [0.5, 0.6) is 17.2 Å². The predicted octanol–water partition coefficient (Wildman–Crippen LogP) is 2.69. The van der Waals surface area contributed by atoms with Crippen LogP contribution in [0.1, 0.15) is 16.8 Å². The fourth-order valence-electron chi connectivity index (χ4n) is 3.31. The number of cyclic esters (lactones) is 1. The Kier molecular flexibility index (Phi) is 5.42. The number of hydrogen-bond acceptors (Lipinski definition) is 6. The summed E-state index contributed by atoms with van der Waals surface area (Å²) < 4.78 is 18.3. The van der Waals surface area contributed by atoms with Gasteiger partial charge >= 0.3 is 6.09 Å². The maximum absolute atomic E-state index is 11.6. The Morgan fingerprint density at radius 3 is 2.70 bits per heavy atom. The molecule has 0 atom stereocenters. The Balaban J connectivity index is 1.39. The molecule has 1 saturated heterocycles. The van der Waals surface area contributed by atoms with E-state index in [-0.39, 0.29) is 6.09 Å². The van der Waals surface area contributed by atoms with E-state index in [1.54, 1.807) is 59.2 Å². The van der Waals surface area contributed by atoms with Crippen LogP contribution in [0.25, 0.3) is 10.9 Å². The number of aromatic nitrogens is 2. The molecule has 2 N–H and O–H groups in total. The minimum absolute atomic E-state index is 0.264. The van der Waals surface area contributed by atoms with Gasteiger partial charge in [-0.25, -0.2) is 4.79 Å². The lowest BCUT2D eigenvalue weighted by Crippen LogP contribution is -2.26. The highest BCUT2D eigenvalue weighted by Crippen LogP contribution is 2.32. The van der Waals surface area contributed by atoms with Crippen molar-refractivity contribution in [1.29, 1.82) is 0 Å². The van der Waals surface area contributed by atoms with E-state index in [2.05, 4.69) is 5.10 Å². The number of carbonyl (C=O) groups excluding carboxylic acids is 2. The normalized spacial score (nSPS) is 13.5. The van der Waals surface area contributed by atoms with Gasteiger partial charge in [0.15, 0.2) is 5.75 Å². The van der Waals surface area contributed by atoms with Crippen molar-refractivity contribution in [1.82, 2.24) is 14.7 Å². The molecule has 0 radical (unpaired) electrons. The first kappa shape index (κ1) is 19.6. The maximum atomic E-state index is 11.6. The van der Waals surface area contributed by atoms with Crippen LogP contribution in [-0.4, -0.2) is 53.0 Å². The Hall–Kier alpha value is -3.75. The van der Waals surface area contributed by atoms with Gasteiger partial charge in [-0.1, -0.05) is 0 Å². The molecule has 1 aliphatic heterocycles. The second-order valence-electron chi connectivity index (χ2n) is 6.92. The molecule has 0 unspecified atom stereocenters. The van der Waals surface area contributed by atoms with Gasteiger partial charge in [0.05, 0.1) is 19.3 Å². The minimum atomic E-state index is -0.531. The summed E-state index contributed by atoms with van der Waals surface area (Å²) in [5, 5.41) is 4.99. The lowest BCUT2D eigenvalue weighted by Gasteiger charge is -2.13. The lowest BCUT2D eigenvalue weighted by atomic mass is 10.1. The highest BCUT2D eigenvalue weighted by Gasteiger charge is 2.20. The summed E-state index contributed by atoms with van der Waals surface area (Å²) in [6.07, 6.45) is 2.11. The van der Waals surface area contributed by atoms with Crippen molar-refractivity contribution < 1.29 is 23.8 Å². The summed E-state index contributed by atoms with van der Waals surface area (Å²) in [6, 6.07) is 10.5. The summed E-state index contributed by atoms with van der Waals surface area (Å²) in [5.74, 6) is 1.25. The van der Waals surface area contributed by atoms with Gasteiger partial charge in [-0.15, -0.1) is 0 Å². The Morgan fingerprint density at radius 2 is 2.00 bits per heavy atom. The number of carbonyl (C=O) groups is 2. The Labute approximate surface area is 172 Å². The van der Waals surface area contributed by atoms with Crippen molar-refractivity contribution in [2.75, 3.05) is 26.3 Å².